The van der Waals surface area contributed by atoms with Crippen LogP contribution in [0.25, 0.3) is 0 Å². The summed E-state index contributed by atoms with van der Waals surface area (Å²) in [5.41, 5.74) is 8.15. The molecule has 0 aromatic heterocycles. The van der Waals surface area contributed by atoms with Gasteiger partial charge in [0.05, 0.1) is 6.61 Å². The van der Waals surface area contributed by atoms with Gasteiger partial charge in [0.25, 0.3) is 0 Å². The minimum Gasteiger partial charge on any atom is -0.492 e. The molecule has 0 aliphatic heterocycles. The van der Waals surface area contributed by atoms with Gasteiger partial charge in [-0.05, 0) is 36.8 Å². The Labute approximate surface area is 103 Å². The average molecular weight is 239 g/mol. The van der Waals surface area contributed by atoms with E-state index >= 15 is 0 Å². The Morgan fingerprint density at radius 1 is 1.44 bits per heavy atom. The smallest absolute Gasteiger partial charge is 0.122 e. The zero-order valence-corrected chi connectivity index (χ0v) is 11.1. The number of benzene rings is 1. The summed E-state index contributed by atoms with van der Waals surface area (Å²) >= 11 is 1.90. The van der Waals surface area contributed by atoms with Crippen LogP contribution >= 0.6 is 11.8 Å². The average Bonchev–Trinajstić information content (AvgIpc) is 2.26. The number of nitrogens with two attached hydrogens (primary N) is 1. The van der Waals surface area contributed by atoms with Gasteiger partial charge in [0.1, 0.15) is 5.75 Å². The van der Waals surface area contributed by atoms with Crippen molar-refractivity contribution in [3.63, 3.8) is 0 Å². The fourth-order valence-electron chi connectivity index (χ4n) is 1.47. The van der Waals surface area contributed by atoms with Crippen molar-refractivity contribution >= 4 is 11.8 Å². The Morgan fingerprint density at radius 3 is 2.75 bits per heavy atom. The first-order valence-electron chi connectivity index (χ1n) is 5.71. The van der Waals surface area contributed by atoms with Crippen LogP contribution in [0.2, 0.25) is 0 Å². The highest BCUT2D eigenvalue weighted by atomic mass is 32.2. The Balaban J connectivity index is 2.54. The fraction of sp³-hybridized carbons (Fsp3) is 0.538. The van der Waals surface area contributed by atoms with Crippen LogP contribution in [-0.2, 0) is 0 Å². The van der Waals surface area contributed by atoms with Crippen molar-refractivity contribution in [2.45, 2.75) is 26.8 Å². The molecule has 90 valence electrons. The van der Waals surface area contributed by atoms with Crippen LogP contribution in [0.1, 0.15) is 31.0 Å². The van der Waals surface area contributed by atoms with Gasteiger partial charge in [-0.25, -0.2) is 0 Å². The number of hydrogen-bond donors (Lipinski definition) is 1. The molecule has 0 saturated carbocycles. The van der Waals surface area contributed by atoms with E-state index in [-0.39, 0.29) is 6.04 Å². The number of aryl methyl sites for hydroxylation is 1. The first kappa shape index (κ1) is 13.4. The summed E-state index contributed by atoms with van der Waals surface area (Å²) in [7, 11) is 0. The first-order valence-corrected chi connectivity index (χ1v) is 6.87. The van der Waals surface area contributed by atoms with Crippen LogP contribution in [0, 0.1) is 6.92 Å². The van der Waals surface area contributed by atoms with Crippen LogP contribution in [0.3, 0.4) is 0 Å². The molecule has 0 saturated heterocycles. The van der Waals surface area contributed by atoms with Gasteiger partial charge in [-0.1, -0.05) is 19.1 Å². The van der Waals surface area contributed by atoms with Gasteiger partial charge < -0.3 is 10.5 Å². The molecule has 0 spiro atoms. The quantitative estimate of drug-likeness (QED) is 0.775. The van der Waals surface area contributed by atoms with Crippen molar-refractivity contribution in [3.05, 3.63) is 29.3 Å². The van der Waals surface area contributed by atoms with Crippen molar-refractivity contribution in [3.8, 4) is 5.75 Å². The van der Waals surface area contributed by atoms with E-state index in [1.807, 2.05) is 30.8 Å². The normalized spacial score (nSPS) is 12.5. The SMILES string of the molecule is CCSCCOc1ccc([C@@H](C)N)cc1C. The van der Waals surface area contributed by atoms with Gasteiger partial charge in [-0.15, -0.1) is 0 Å². The fourth-order valence-corrected chi connectivity index (χ4v) is 1.96. The van der Waals surface area contributed by atoms with Crippen LogP contribution in [0.4, 0.5) is 0 Å². The second-order valence-corrected chi connectivity index (χ2v) is 5.25. The highest BCUT2D eigenvalue weighted by Gasteiger charge is 2.03. The van der Waals surface area contributed by atoms with Crippen LogP contribution in [-0.4, -0.2) is 18.1 Å². The van der Waals surface area contributed by atoms with E-state index < -0.39 is 0 Å². The van der Waals surface area contributed by atoms with Gasteiger partial charge in [0.15, 0.2) is 0 Å². The van der Waals surface area contributed by atoms with Crippen molar-refractivity contribution in [1.29, 1.82) is 0 Å². The Bertz CT molecular complexity index is 326. The van der Waals surface area contributed by atoms with Crippen molar-refractivity contribution < 1.29 is 4.74 Å². The third-order valence-corrected chi connectivity index (χ3v) is 3.28. The zero-order chi connectivity index (χ0) is 12.0. The first-order chi connectivity index (χ1) is 7.65. The molecule has 0 fully saturated rings. The largest absolute Gasteiger partial charge is 0.492 e. The van der Waals surface area contributed by atoms with E-state index in [0.29, 0.717) is 0 Å². The Kier molecular flexibility index (Phi) is 5.71. The summed E-state index contributed by atoms with van der Waals surface area (Å²) in [6, 6.07) is 6.25. The standard InChI is InChI=1S/C13H21NOS/c1-4-16-8-7-15-13-6-5-12(11(3)14)9-10(13)2/h5-6,9,11H,4,7-8,14H2,1-3H3/t11-/m1/s1. The third-order valence-electron chi connectivity index (χ3n) is 2.41. The second-order valence-electron chi connectivity index (χ2n) is 3.86. The second kappa shape index (κ2) is 6.81. The molecular formula is C13H21NOS. The van der Waals surface area contributed by atoms with Crippen molar-refractivity contribution in [2.75, 3.05) is 18.1 Å². The van der Waals surface area contributed by atoms with E-state index in [0.717, 1.165) is 35.0 Å². The van der Waals surface area contributed by atoms with E-state index in [4.69, 9.17) is 10.5 Å². The minimum atomic E-state index is 0.0865. The van der Waals surface area contributed by atoms with Crippen LogP contribution in [0.5, 0.6) is 5.75 Å². The number of hydrogen-bond acceptors (Lipinski definition) is 3. The molecule has 0 unspecified atom stereocenters. The Morgan fingerprint density at radius 2 is 2.19 bits per heavy atom. The molecule has 0 heterocycles. The summed E-state index contributed by atoms with van der Waals surface area (Å²) < 4.78 is 5.71. The van der Waals surface area contributed by atoms with E-state index in [9.17, 15) is 0 Å². The molecule has 1 rings (SSSR count). The molecule has 0 bridgehead atoms. The molecule has 1 aromatic rings. The lowest BCUT2D eigenvalue weighted by Gasteiger charge is -2.12. The van der Waals surface area contributed by atoms with Crippen LogP contribution in [0.15, 0.2) is 18.2 Å². The predicted molar refractivity (Wildman–Crippen MR) is 72.3 cm³/mol. The van der Waals surface area contributed by atoms with Crippen molar-refractivity contribution in [2.24, 2.45) is 5.73 Å². The molecule has 16 heavy (non-hydrogen) atoms. The monoisotopic (exact) mass is 239 g/mol. The number of ether oxygens (including phenoxy) is 1. The van der Waals surface area contributed by atoms with Gasteiger partial charge in [0, 0.05) is 11.8 Å². The summed E-state index contributed by atoms with van der Waals surface area (Å²) in [6.45, 7) is 6.99. The molecule has 0 aliphatic rings. The number of thioether (sulfide) groups is 1. The van der Waals surface area contributed by atoms with Crippen molar-refractivity contribution in [1.82, 2.24) is 0 Å². The topological polar surface area (TPSA) is 35.2 Å². The van der Waals surface area contributed by atoms with Gasteiger partial charge >= 0.3 is 0 Å². The van der Waals surface area contributed by atoms with E-state index in [1.165, 1.54) is 0 Å². The van der Waals surface area contributed by atoms with E-state index in [2.05, 4.69) is 19.9 Å². The lowest BCUT2D eigenvalue weighted by atomic mass is 10.1. The molecule has 0 aliphatic carbocycles. The molecule has 0 amide bonds. The molecule has 1 atom stereocenters. The highest BCUT2D eigenvalue weighted by Crippen LogP contribution is 2.21. The Hall–Kier alpha value is -0.670. The maximum atomic E-state index is 5.83. The summed E-state index contributed by atoms with van der Waals surface area (Å²) in [5.74, 6) is 3.16. The van der Waals surface area contributed by atoms with Gasteiger partial charge in [-0.2, -0.15) is 11.8 Å². The summed E-state index contributed by atoms with van der Waals surface area (Å²) in [5, 5.41) is 0. The maximum Gasteiger partial charge on any atom is 0.122 e. The lowest BCUT2D eigenvalue weighted by molar-refractivity contribution is 0.341. The summed E-state index contributed by atoms with van der Waals surface area (Å²) in [4.78, 5) is 0. The van der Waals surface area contributed by atoms with E-state index in [1.54, 1.807) is 0 Å². The molecule has 0 radical (unpaired) electrons. The highest BCUT2D eigenvalue weighted by molar-refractivity contribution is 7.99. The lowest BCUT2D eigenvalue weighted by Crippen LogP contribution is -2.06. The minimum absolute atomic E-state index is 0.0865. The predicted octanol–water partition coefficient (Wildman–Crippen LogP) is 3.15. The third kappa shape index (κ3) is 4.06. The summed E-state index contributed by atoms with van der Waals surface area (Å²) in [6.07, 6.45) is 0. The molecule has 3 heteroatoms. The molecule has 2 nitrogen and oxygen atoms in total. The van der Waals surface area contributed by atoms with Gasteiger partial charge in [0.2, 0.25) is 0 Å². The molecule has 2 N–H and O–H groups in total. The zero-order valence-electron chi connectivity index (χ0n) is 10.3. The molecule has 1 aromatic carbocycles. The number of rotatable bonds is 6. The van der Waals surface area contributed by atoms with Crippen LogP contribution < -0.4 is 10.5 Å². The maximum absolute atomic E-state index is 5.83. The van der Waals surface area contributed by atoms with Gasteiger partial charge in [-0.3, -0.25) is 0 Å². The molecular weight excluding hydrogens is 218 g/mol.